The van der Waals surface area contributed by atoms with Crippen LogP contribution in [0.25, 0.3) is 5.69 Å². The fraction of sp³-hybridized carbons (Fsp3) is 0.357. The molecule has 0 amide bonds. The SMILES string of the molecule is CCOC(=O)c1cnn(-c2ccnc(C)c2C)c1C(F)(F)F. The number of esters is 1. The van der Waals surface area contributed by atoms with Gasteiger partial charge in [-0.3, -0.25) is 4.98 Å². The van der Waals surface area contributed by atoms with Crippen LogP contribution in [0.15, 0.2) is 18.5 Å². The lowest BCUT2D eigenvalue weighted by atomic mass is 10.1. The molecule has 0 saturated carbocycles. The van der Waals surface area contributed by atoms with Gasteiger partial charge in [-0.05, 0) is 32.4 Å². The van der Waals surface area contributed by atoms with Gasteiger partial charge in [0.15, 0.2) is 5.69 Å². The molecule has 0 saturated heterocycles. The number of aryl methyl sites for hydroxylation is 1. The Morgan fingerprint density at radius 2 is 2.05 bits per heavy atom. The zero-order valence-corrected chi connectivity index (χ0v) is 12.2. The van der Waals surface area contributed by atoms with Gasteiger partial charge >= 0.3 is 12.1 Å². The predicted octanol–water partition coefficient (Wildman–Crippen LogP) is 3.08. The Morgan fingerprint density at radius 1 is 1.36 bits per heavy atom. The zero-order valence-electron chi connectivity index (χ0n) is 12.2. The van der Waals surface area contributed by atoms with Gasteiger partial charge in [-0.25, -0.2) is 9.48 Å². The second-order valence-electron chi connectivity index (χ2n) is 4.58. The van der Waals surface area contributed by atoms with Crippen molar-refractivity contribution in [3.63, 3.8) is 0 Å². The number of pyridine rings is 1. The van der Waals surface area contributed by atoms with Gasteiger partial charge in [-0.15, -0.1) is 0 Å². The first kappa shape index (κ1) is 16.0. The van der Waals surface area contributed by atoms with Crippen molar-refractivity contribution in [1.82, 2.24) is 14.8 Å². The molecule has 0 aliphatic carbocycles. The van der Waals surface area contributed by atoms with Crippen LogP contribution < -0.4 is 0 Å². The molecule has 0 bridgehead atoms. The first-order valence-electron chi connectivity index (χ1n) is 6.52. The van der Waals surface area contributed by atoms with E-state index in [1.165, 1.54) is 19.2 Å². The first-order valence-corrected chi connectivity index (χ1v) is 6.52. The third-order valence-electron chi connectivity index (χ3n) is 3.19. The molecule has 22 heavy (non-hydrogen) atoms. The van der Waals surface area contributed by atoms with Gasteiger partial charge in [-0.2, -0.15) is 18.3 Å². The van der Waals surface area contributed by atoms with Crippen molar-refractivity contribution in [2.75, 3.05) is 6.61 Å². The Bertz CT molecular complexity index is 708. The third kappa shape index (κ3) is 2.81. The van der Waals surface area contributed by atoms with Gasteiger partial charge in [0.1, 0.15) is 5.56 Å². The second-order valence-corrected chi connectivity index (χ2v) is 4.58. The van der Waals surface area contributed by atoms with Crippen molar-refractivity contribution in [3.05, 3.63) is 41.0 Å². The lowest BCUT2D eigenvalue weighted by molar-refractivity contribution is -0.143. The maximum Gasteiger partial charge on any atom is 0.434 e. The van der Waals surface area contributed by atoms with Crippen LogP contribution in [0.4, 0.5) is 13.2 Å². The molecule has 2 aromatic rings. The molecule has 0 atom stereocenters. The zero-order chi connectivity index (χ0) is 16.5. The van der Waals surface area contributed by atoms with Crippen molar-refractivity contribution < 1.29 is 22.7 Å². The molecule has 5 nitrogen and oxygen atoms in total. The molecular formula is C14H14F3N3O2. The van der Waals surface area contributed by atoms with Crippen molar-refractivity contribution in [2.45, 2.75) is 26.9 Å². The van der Waals surface area contributed by atoms with Gasteiger partial charge in [0.2, 0.25) is 0 Å². The summed E-state index contributed by atoms with van der Waals surface area (Å²) in [6, 6.07) is 1.42. The summed E-state index contributed by atoms with van der Waals surface area (Å²) >= 11 is 0. The van der Waals surface area contributed by atoms with Crippen LogP contribution in [0.3, 0.4) is 0 Å². The van der Waals surface area contributed by atoms with Crippen LogP contribution in [-0.4, -0.2) is 27.3 Å². The number of carbonyl (C=O) groups excluding carboxylic acids is 1. The molecule has 0 spiro atoms. The average Bonchev–Trinajstić information content (AvgIpc) is 2.87. The Hall–Kier alpha value is -2.38. The summed E-state index contributed by atoms with van der Waals surface area (Å²) in [6.07, 6.45) is -2.48. The highest BCUT2D eigenvalue weighted by molar-refractivity contribution is 5.90. The Labute approximate surface area is 124 Å². The van der Waals surface area contributed by atoms with E-state index in [-0.39, 0.29) is 12.3 Å². The summed E-state index contributed by atoms with van der Waals surface area (Å²) in [5.74, 6) is -1.05. The van der Waals surface area contributed by atoms with Crippen LogP contribution in [-0.2, 0) is 10.9 Å². The number of alkyl halides is 3. The second kappa shape index (κ2) is 5.78. The van der Waals surface area contributed by atoms with E-state index < -0.39 is 23.4 Å². The Morgan fingerprint density at radius 3 is 2.64 bits per heavy atom. The molecule has 8 heteroatoms. The molecule has 0 unspecified atom stereocenters. The van der Waals surface area contributed by atoms with Gasteiger partial charge in [0.05, 0.1) is 18.5 Å². The van der Waals surface area contributed by atoms with Crippen LogP contribution in [0.1, 0.15) is 34.2 Å². The summed E-state index contributed by atoms with van der Waals surface area (Å²) in [4.78, 5) is 15.7. The number of hydrogen-bond acceptors (Lipinski definition) is 4. The van der Waals surface area contributed by atoms with Gasteiger partial charge in [0, 0.05) is 11.9 Å². The summed E-state index contributed by atoms with van der Waals surface area (Å²) in [5.41, 5.74) is -0.413. The molecule has 118 valence electrons. The number of ether oxygens (including phenoxy) is 1. The normalized spacial score (nSPS) is 11.5. The van der Waals surface area contributed by atoms with Crippen molar-refractivity contribution in [1.29, 1.82) is 0 Å². The van der Waals surface area contributed by atoms with E-state index in [4.69, 9.17) is 0 Å². The van der Waals surface area contributed by atoms with Crippen LogP contribution in [0.5, 0.6) is 0 Å². The minimum absolute atomic E-state index is 0.0191. The molecule has 2 rings (SSSR count). The van der Waals surface area contributed by atoms with Crippen LogP contribution in [0.2, 0.25) is 0 Å². The highest BCUT2D eigenvalue weighted by Gasteiger charge is 2.41. The van der Waals surface area contributed by atoms with Crippen molar-refractivity contribution in [3.8, 4) is 5.69 Å². The van der Waals surface area contributed by atoms with E-state index >= 15 is 0 Å². The molecule has 0 aliphatic heterocycles. The van der Waals surface area contributed by atoms with Crippen LogP contribution in [0, 0.1) is 13.8 Å². The summed E-state index contributed by atoms with van der Waals surface area (Å²) in [6.45, 7) is 4.83. The largest absolute Gasteiger partial charge is 0.462 e. The lowest BCUT2D eigenvalue weighted by Gasteiger charge is -2.14. The van der Waals surface area contributed by atoms with Crippen molar-refractivity contribution in [2.24, 2.45) is 0 Å². The number of hydrogen-bond donors (Lipinski definition) is 0. The minimum Gasteiger partial charge on any atom is -0.462 e. The van der Waals surface area contributed by atoms with E-state index in [0.29, 0.717) is 15.9 Å². The van der Waals surface area contributed by atoms with E-state index in [1.807, 2.05) is 0 Å². The molecule has 2 aromatic heterocycles. The van der Waals surface area contributed by atoms with E-state index in [1.54, 1.807) is 13.8 Å². The van der Waals surface area contributed by atoms with Gasteiger partial charge < -0.3 is 4.74 Å². The van der Waals surface area contributed by atoms with E-state index in [0.717, 1.165) is 6.20 Å². The smallest absolute Gasteiger partial charge is 0.434 e. The Balaban J connectivity index is 2.68. The maximum absolute atomic E-state index is 13.4. The minimum atomic E-state index is -4.75. The monoisotopic (exact) mass is 313 g/mol. The average molecular weight is 313 g/mol. The molecule has 0 N–H and O–H groups in total. The maximum atomic E-state index is 13.4. The standard InChI is InChI=1S/C14H14F3N3O2/c1-4-22-13(21)10-7-19-20(12(10)14(15,16)17)11-5-6-18-9(3)8(11)2/h5-7H,4H2,1-3H3. The van der Waals surface area contributed by atoms with E-state index in [2.05, 4.69) is 14.8 Å². The molecule has 0 radical (unpaired) electrons. The summed E-state index contributed by atoms with van der Waals surface area (Å²) < 4.78 is 45.5. The first-order chi connectivity index (χ1) is 10.3. The molecule has 0 aromatic carbocycles. The summed E-state index contributed by atoms with van der Waals surface area (Å²) in [7, 11) is 0. The number of carbonyl (C=O) groups is 1. The highest BCUT2D eigenvalue weighted by atomic mass is 19.4. The molecule has 0 aliphatic rings. The number of halogens is 3. The quantitative estimate of drug-likeness (QED) is 0.817. The highest BCUT2D eigenvalue weighted by Crippen LogP contribution is 2.34. The third-order valence-corrected chi connectivity index (χ3v) is 3.19. The number of rotatable bonds is 3. The lowest BCUT2D eigenvalue weighted by Crippen LogP contribution is -2.19. The topological polar surface area (TPSA) is 57.0 Å². The molecular weight excluding hydrogens is 299 g/mol. The van der Waals surface area contributed by atoms with Crippen LogP contribution >= 0.6 is 0 Å². The van der Waals surface area contributed by atoms with Crippen molar-refractivity contribution >= 4 is 5.97 Å². The Kier molecular flexibility index (Phi) is 4.20. The number of nitrogens with zero attached hydrogens (tertiary/aromatic N) is 3. The number of aromatic nitrogens is 3. The fourth-order valence-electron chi connectivity index (χ4n) is 2.02. The van der Waals surface area contributed by atoms with Gasteiger partial charge in [-0.1, -0.05) is 0 Å². The molecule has 2 heterocycles. The summed E-state index contributed by atoms with van der Waals surface area (Å²) in [5, 5.41) is 3.73. The van der Waals surface area contributed by atoms with Gasteiger partial charge in [0.25, 0.3) is 0 Å². The molecule has 0 fully saturated rings. The predicted molar refractivity (Wildman–Crippen MR) is 71.8 cm³/mol. The fourth-order valence-corrected chi connectivity index (χ4v) is 2.02. The van der Waals surface area contributed by atoms with E-state index in [9.17, 15) is 18.0 Å².